The fourth-order valence-corrected chi connectivity index (χ4v) is 3.93. The van der Waals surface area contributed by atoms with E-state index in [0.717, 1.165) is 11.1 Å². The summed E-state index contributed by atoms with van der Waals surface area (Å²) < 4.78 is 32.4. The molecule has 1 amide bonds. The fourth-order valence-electron chi connectivity index (χ4n) is 3.75. The van der Waals surface area contributed by atoms with Gasteiger partial charge in [0.2, 0.25) is 5.95 Å². The molecule has 0 saturated heterocycles. The molecule has 2 aromatic carbocycles. The number of aromatic nitrogens is 3. The van der Waals surface area contributed by atoms with Crippen LogP contribution in [0.5, 0.6) is 5.75 Å². The van der Waals surface area contributed by atoms with Crippen LogP contribution in [0.1, 0.15) is 29.7 Å². The first-order valence-corrected chi connectivity index (χ1v) is 10.1. The van der Waals surface area contributed by atoms with Crippen LogP contribution in [0.2, 0.25) is 5.02 Å². The highest BCUT2D eigenvalue weighted by Gasteiger charge is 2.36. The van der Waals surface area contributed by atoms with E-state index in [1.54, 1.807) is 6.92 Å². The normalized spacial score (nSPS) is 15.4. The standard InChI is InChI=1S/C22H20ClF2N5O2/c1-11-4-6-16(12(2)8-11)29-20(31)18-13(3)28-22-26-10-27-30(22)19(18)15-9-14(23)5-7-17(15)32-21(24)25/h4-10,19,21H,1-3H3,(H,29,31)(H,26,27,28)/t19-/m0/s1. The Hall–Kier alpha value is -3.46. The predicted molar refractivity (Wildman–Crippen MR) is 117 cm³/mol. The van der Waals surface area contributed by atoms with Gasteiger partial charge >= 0.3 is 6.61 Å². The molecule has 1 aliphatic heterocycles. The monoisotopic (exact) mass is 459 g/mol. The number of halogens is 3. The number of rotatable bonds is 5. The fraction of sp³-hybridized carbons (Fsp3) is 0.227. The minimum atomic E-state index is -3.05. The summed E-state index contributed by atoms with van der Waals surface area (Å²) in [7, 11) is 0. The van der Waals surface area contributed by atoms with Gasteiger partial charge in [0.05, 0.1) is 5.57 Å². The molecule has 0 spiro atoms. The van der Waals surface area contributed by atoms with Crippen LogP contribution in [-0.2, 0) is 4.79 Å². The molecule has 1 aliphatic rings. The Morgan fingerprint density at radius 3 is 2.72 bits per heavy atom. The Balaban J connectivity index is 1.82. The van der Waals surface area contributed by atoms with Crippen molar-refractivity contribution in [3.63, 3.8) is 0 Å². The number of alkyl halides is 2. The number of fused-ring (bicyclic) bond motifs is 1. The second kappa shape index (κ2) is 8.58. The van der Waals surface area contributed by atoms with E-state index in [9.17, 15) is 13.6 Å². The third kappa shape index (κ3) is 4.16. The molecule has 0 saturated carbocycles. The largest absolute Gasteiger partial charge is 0.434 e. The zero-order valence-electron chi connectivity index (χ0n) is 17.5. The number of hydrogen-bond donors (Lipinski definition) is 2. The molecule has 1 aromatic heterocycles. The summed E-state index contributed by atoms with van der Waals surface area (Å²) >= 11 is 6.18. The van der Waals surface area contributed by atoms with Crippen molar-refractivity contribution in [2.45, 2.75) is 33.4 Å². The lowest BCUT2D eigenvalue weighted by Gasteiger charge is -2.30. The number of benzene rings is 2. The van der Waals surface area contributed by atoms with Gasteiger partial charge in [-0.2, -0.15) is 18.9 Å². The molecule has 0 fully saturated rings. The van der Waals surface area contributed by atoms with Gasteiger partial charge in [-0.05, 0) is 50.6 Å². The van der Waals surface area contributed by atoms with Gasteiger partial charge in [-0.1, -0.05) is 29.3 Å². The number of ether oxygens (including phenoxy) is 1. The lowest BCUT2D eigenvalue weighted by Crippen LogP contribution is -2.32. The molecule has 0 unspecified atom stereocenters. The average molecular weight is 460 g/mol. The van der Waals surface area contributed by atoms with Gasteiger partial charge in [-0.25, -0.2) is 4.68 Å². The first-order valence-electron chi connectivity index (χ1n) is 9.74. The Bertz CT molecular complexity index is 1220. The zero-order chi connectivity index (χ0) is 23.0. The predicted octanol–water partition coefficient (Wildman–Crippen LogP) is 5.08. The maximum atomic E-state index is 13.5. The minimum Gasteiger partial charge on any atom is -0.434 e. The lowest BCUT2D eigenvalue weighted by atomic mass is 9.94. The molecule has 1 atom stereocenters. The topological polar surface area (TPSA) is 81.1 Å². The first-order chi connectivity index (χ1) is 15.2. The molecule has 10 heteroatoms. The molecule has 7 nitrogen and oxygen atoms in total. The van der Waals surface area contributed by atoms with Crippen LogP contribution in [0.25, 0.3) is 0 Å². The van der Waals surface area contributed by atoms with Crippen LogP contribution >= 0.6 is 11.6 Å². The van der Waals surface area contributed by atoms with Gasteiger partial charge in [0, 0.05) is 22.0 Å². The van der Waals surface area contributed by atoms with Gasteiger partial charge in [-0.3, -0.25) is 4.79 Å². The number of nitrogens with one attached hydrogen (secondary N) is 2. The van der Waals surface area contributed by atoms with E-state index < -0.39 is 18.6 Å². The van der Waals surface area contributed by atoms with Crippen molar-refractivity contribution >= 4 is 29.1 Å². The Kier molecular flexibility index (Phi) is 5.84. The van der Waals surface area contributed by atoms with Gasteiger partial charge < -0.3 is 15.4 Å². The highest BCUT2D eigenvalue weighted by molar-refractivity contribution is 6.30. The van der Waals surface area contributed by atoms with E-state index in [1.165, 1.54) is 29.2 Å². The Morgan fingerprint density at radius 1 is 1.22 bits per heavy atom. The van der Waals surface area contributed by atoms with Gasteiger partial charge in [0.15, 0.2) is 0 Å². The second-order valence-electron chi connectivity index (χ2n) is 7.43. The molecule has 2 heterocycles. The summed E-state index contributed by atoms with van der Waals surface area (Å²) in [6.45, 7) is 2.51. The first kappa shape index (κ1) is 21.8. The van der Waals surface area contributed by atoms with Crippen LogP contribution in [0.4, 0.5) is 20.4 Å². The number of aryl methyl sites for hydroxylation is 2. The van der Waals surface area contributed by atoms with Gasteiger partial charge in [0.1, 0.15) is 18.1 Å². The van der Waals surface area contributed by atoms with Crippen molar-refractivity contribution in [3.8, 4) is 5.75 Å². The zero-order valence-corrected chi connectivity index (χ0v) is 18.2. The third-order valence-corrected chi connectivity index (χ3v) is 5.39. The number of carbonyl (C=O) groups is 1. The van der Waals surface area contributed by atoms with Gasteiger partial charge in [0.25, 0.3) is 5.91 Å². The van der Waals surface area contributed by atoms with Crippen molar-refractivity contribution in [2.24, 2.45) is 0 Å². The smallest absolute Gasteiger partial charge is 0.387 e. The minimum absolute atomic E-state index is 0.109. The molecular formula is C22H20ClF2N5O2. The van der Waals surface area contributed by atoms with Crippen LogP contribution in [0.3, 0.4) is 0 Å². The summed E-state index contributed by atoms with van der Waals surface area (Å²) in [6, 6.07) is 9.03. The highest BCUT2D eigenvalue weighted by atomic mass is 35.5. The van der Waals surface area contributed by atoms with Crippen molar-refractivity contribution in [1.82, 2.24) is 14.8 Å². The summed E-state index contributed by atoms with van der Waals surface area (Å²) in [5.74, 6) is -0.169. The van der Waals surface area contributed by atoms with Crippen LogP contribution in [0.15, 0.2) is 54.0 Å². The van der Waals surface area contributed by atoms with E-state index in [1.807, 2.05) is 32.0 Å². The summed E-state index contributed by atoms with van der Waals surface area (Å²) in [5.41, 5.74) is 3.62. The number of nitrogens with zero attached hydrogens (tertiary/aromatic N) is 3. The van der Waals surface area contributed by atoms with Crippen molar-refractivity contribution in [3.05, 3.63) is 75.7 Å². The SMILES string of the molecule is CC1=C(C(=O)Nc2ccc(C)cc2C)[C@H](c2cc(Cl)ccc2OC(F)F)n2ncnc2N1. The number of amides is 1. The van der Waals surface area contributed by atoms with Crippen LogP contribution in [-0.4, -0.2) is 27.3 Å². The molecule has 0 aliphatic carbocycles. The average Bonchev–Trinajstić information content (AvgIpc) is 3.18. The van der Waals surface area contributed by atoms with E-state index in [0.29, 0.717) is 22.4 Å². The molecular weight excluding hydrogens is 440 g/mol. The molecule has 32 heavy (non-hydrogen) atoms. The molecule has 4 rings (SSSR count). The number of hydrogen-bond acceptors (Lipinski definition) is 5. The van der Waals surface area contributed by atoms with Crippen molar-refractivity contribution in [2.75, 3.05) is 10.6 Å². The highest BCUT2D eigenvalue weighted by Crippen LogP contribution is 2.40. The second-order valence-corrected chi connectivity index (χ2v) is 7.86. The summed E-state index contributed by atoms with van der Waals surface area (Å²) in [4.78, 5) is 17.6. The maximum Gasteiger partial charge on any atom is 0.387 e. The third-order valence-electron chi connectivity index (χ3n) is 5.15. The van der Waals surface area contributed by atoms with E-state index >= 15 is 0 Å². The number of allylic oxidation sites excluding steroid dienone is 1. The molecule has 166 valence electrons. The quantitative estimate of drug-likeness (QED) is 0.556. The van der Waals surface area contributed by atoms with E-state index in [-0.39, 0.29) is 16.9 Å². The molecule has 3 aromatic rings. The van der Waals surface area contributed by atoms with Crippen LogP contribution < -0.4 is 15.4 Å². The Morgan fingerprint density at radius 2 is 2.00 bits per heavy atom. The summed E-state index contributed by atoms with van der Waals surface area (Å²) in [5, 5.41) is 10.5. The van der Waals surface area contributed by atoms with E-state index in [4.69, 9.17) is 16.3 Å². The number of carbonyl (C=O) groups excluding carboxylic acids is 1. The maximum absolute atomic E-state index is 13.5. The Labute approximate surface area is 188 Å². The lowest BCUT2D eigenvalue weighted by molar-refractivity contribution is -0.113. The molecule has 0 radical (unpaired) electrons. The van der Waals surface area contributed by atoms with Crippen molar-refractivity contribution < 1.29 is 18.3 Å². The van der Waals surface area contributed by atoms with Crippen molar-refractivity contribution in [1.29, 1.82) is 0 Å². The van der Waals surface area contributed by atoms with Crippen LogP contribution in [0, 0.1) is 13.8 Å². The van der Waals surface area contributed by atoms with E-state index in [2.05, 4.69) is 20.7 Å². The van der Waals surface area contributed by atoms with Gasteiger partial charge in [-0.15, -0.1) is 0 Å². The molecule has 2 N–H and O–H groups in total. The molecule has 0 bridgehead atoms. The summed E-state index contributed by atoms with van der Waals surface area (Å²) in [6.07, 6.45) is 1.31. The number of anilines is 2.